The Kier molecular flexibility index (Phi) is 2.05. The second-order valence-electron chi connectivity index (χ2n) is 2.99. The van der Waals surface area contributed by atoms with Gasteiger partial charge in [-0.1, -0.05) is 0 Å². The maximum atomic E-state index is 10.7. The van der Waals surface area contributed by atoms with Crippen LogP contribution in [-0.2, 0) is 16.7 Å². The number of aromatic nitrogens is 1. The lowest BCUT2D eigenvalue weighted by molar-refractivity contribution is 0.483. The van der Waals surface area contributed by atoms with E-state index in [0.29, 0.717) is 12.4 Å². The zero-order valence-corrected chi connectivity index (χ0v) is 8.03. The Morgan fingerprint density at radius 1 is 1.64 bits per heavy atom. The van der Waals surface area contributed by atoms with Crippen LogP contribution < -0.4 is 4.90 Å². The Balaban J connectivity index is 2.29. The van der Waals surface area contributed by atoms with Crippen LogP contribution in [0.25, 0.3) is 0 Å². The van der Waals surface area contributed by atoms with Gasteiger partial charge in [0.15, 0.2) is 5.88 Å². The molecule has 0 atom stereocenters. The quantitative estimate of drug-likeness (QED) is 0.690. The number of hydrogen-bond acceptors (Lipinski definition) is 4. The highest BCUT2D eigenvalue weighted by molar-refractivity contribution is 7.85. The lowest BCUT2D eigenvalue weighted by atomic mass is 10.3. The van der Waals surface area contributed by atoms with E-state index in [2.05, 4.69) is 9.98 Å². The molecule has 7 heteroatoms. The highest BCUT2D eigenvalue weighted by Gasteiger charge is 2.19. The molecule has 0 radical (unpaired) electrons. The van der Waals surface area contributed by atoms with Crippen LogP contribution in [0.2, 0.25) is 0 Å². The Morgan fingerprint density at radius 2 is 2.43 bits per heavy atom. The molecule has 1 aliphatic heterocycles. The number of hydrogen-bond donors (Lipinski definition) is 2. The van der Waals surface area contributed by atoms with E-state index in [4.69, 9.17) is 4.55 Å². The van der Waals surface area contributed by atoms with Gasteiger partial charge in [0.05, 0.1) is 12.9 Å². The standard InChI is InChI=1S/C7H9N3O3S/c11-14(12,13)5-10-4-8-3-6-1-2-9-7(6)10/h1-2,4,9H,3,5H2,(H,11,12,13). The third-order valence-corrected chi connectivity index (χ3v) is 2.49. The number of nitrogens with one attached hydrogen (secondary N) is 1. The van der Waals surface area contributed by atoms with E-state index in [0.717, 1.165) is 5.56 Å². The summed E-state index contributed by atoms with van der Waals surface area (Å²) >= 11 is 0. The monoisotopic (exact) mass is 215 g/mol. The van der Waals surface area contributed by atoms with Crippen molar-refractivity contribution < 1.29 is 13.0 Å². The number of rotatable bonds is 2. The number of fused-ring (bicyclic) bond motifs is 1. The fourth-order valence-corrected chi connectivity index (χ4v) is 1.90. The van der Waals surface area contributed by atoms with Crippen molar-refractivity contribution >= 4 is 22.3 Å². The second kappa shape index (κ2) is 3.10. The van der Waals surface area contributed by atoms with Gasteiger partial charge >= 0.3 is 0 Å². The smallest absolute Gasteiger partial charge is 0.283 e. The molecule has 6 nitrogen and oxygen atoms in total. The first-order chi connectivity index (χ1) is 6.56. The molecule has 1 aromatic heterocycles. The number of H-pyrrole nitrogens is 1. The van der Waals surface area contributed by atoms with Crippen LogP contribution >= 0.6 is 0 Å². The van der Waals surface area contributed by atoms with Crippen LogP contribution in [0.1, 0.15) is 5.56 Å². The molecule has 0 amide bonds. The van der Waals surface area contributed by atoms with Gasteiger partial charge in [0.2, 0.25) is 0 Å². The molecular formula is C7H9N3O3S. The second-order valence-corrected chi connectivity index (χ2v) is 4.41. The predicted molar refractivity (Wildman–Crippen MR) is 51.9 cm³/mol. The molecule has 0 bridgehead atoms. The van der Waals surface area contributed by atoms with Gasteiger partial charge in [-0.2, -0.15) is 8.42 Å². The fourth-order valence-electron chi connectivity index (χ4n) is 1.36. The average molecular weight is 215 g/mol. The average Bonchev–Trinajstić information content (AvgIpc) is 2.49. The van der Waals surface area contributed by atoms with Crippen molar-refractivity contribution in [3.8, 4) is 0 Å². The number of aliphatic imine (C=N–C) groups is 1. The summed E-state index contributed by atoms with van der Waals surface area (Å²) in [7, 11) is -4.03. The van der Waals surface area contributed by atoms with Crippen molar-refractivity contribution in [1.29, 1.82) is 0 Å². The summed E-state index contributed by atoms with van der Waals surface area (Å²) in [6, 6.07) is 1.82. The van der Waals surface area contributed by atoms with E-state index in [1.54, 1.807) is 6.20 Å². The SMILES string of the molecule is O=S(=O)(O)CN1C=NCc2cc[nH]c21. The summed E-state index contributed by atoms with van der Waals surface area (Å²) in [5.41, 5.74) is 0.913. The van der Waals surface area contributed by atoms with Gasteiger partial charge in [0.1, 0.15) is 5.82 Å². The highest BCUT2D eigenvalue weighted by atomic mass is 32.2. The zero-order valence-electron chi connectivity index (χ0n) is 7.21. The van der Waals surface area contributed by atoms with Gasteiger partial charge < -0.3 is 9.88 Å². The summed E-state index contributed by atoms with van der Waals surface area (Å²) in [5.74, 6) is 0.182. The van der Waals surface area contributed by atoms with Crippen molar-refractivity contribution in [2.75, 3.05) is 10.8 Å². The molecule has 1 aliphatic rings. The van der Waals surface area contributed by atoms with Crippen molar-refractivity contribution in [1.82, 2.24) is 4.98 Å². The van der Waals surface area contributed by atoms with Crippen LogP contribution in [0, 0.1) is 0 Å². The molecule has 0 fully saturated rings. The van der Waals surface area contributed by atoms with Gasteiger partial charge in [-0.3, -0.25) is 9.55 Å². The largest absolute Gasteiger partial charge is 0.348 e. The molecule has 76 valence electrons. The Morgan fingerprint density at radius 3 is 3.14 bits per heavy atom. The minimum absolute atomic E-state index is 0.482. The van der Waals surface area contributed by atoms with Crippen molar-refractivity contribution in [3.63, 3.8) is 0 Å². The van der Waals surface area contributed by atoms with Crippen molar-refractivity contribution in [2.45, 2.75) is 6.54 Å². The van der Waals surface area contributed by atoms with Crippen LogP contribution in [0.5, 0.6) is 0 Å². The molecule has 0 spiro atoms. The highest BCUT2D eigenvalue weighted by Crippen LogP contribution is 2.21. The Bertz CT molecular complexity index is 462. The van der Waals surface area contributed by atoms with E-state index in [9.17, 15) is 8.42 Å². The Hall–Kier alpha value is -1.34. The van der Waals surface area contributed by atoms with Crippen LogP contribution in [0.3, 0.4) is 0 Å². The van der Waals surface area contributed by atoms with Crippen LogP contribution in [-0.4, -0.2) is 30.2 Å². The Labute approximate surface area is 81.0 Å². The summed E-state index contributed by atoms with van der Waals surface area (Å²) in [6.07, 6.45) is 3.10. The number of anilines is 1. The minimum Gasteiger partial charge on any atom is -0.348 e. The molecule has 0 saturated heterocycles. The van der Waals surface area contributed by atoms with E-state index in [1.165, 1.54) is 11.2 Å². The van der Waals surface area contributed by atoms with Gasteiger partial charge in [-0.25, -0.2) is 0 Å². The first-order valence-corrected chi connectivity index (χ1v) is 5.55. The van der Waals surface area contributed by atoms with E-state index in [-0.39, 0.29) is 0 Å². The first kappa shape index (κ1) is 9.22. The third-order valence-electron chi connectivity index (χ3n) is 1.88. The van der Waals surface area contributed by atoms with Crippen molar-refractivity contribution in [3.05, 3.63) is 17.8 Å². The van der Waals surface area contributed by atoms with Crippen LogP contribution in [0.4, 0.5) is 5.82 Å². The maximum Gasteiger partial charge on any atom is 0.283 e. The van der Waals surface area contributed by atoms with Crippen LogP contribution in [0.15, 0.2) is 17.3 Å². The van der Waals surface area contributed by atoms with Gasteiger partial charge in [-0.15, -0.1) is 0 Å². The van der Waals surface area contributed by atoms with Gasteiger partial charge in [0.25, 0.3) is 10.1 Å². The third kappa shape index (κ3) is 1.78. The molecule has 2 N–H and O–H groups in total. The maximum absolute atomic E-state index is 10.7. The molecule has 0 aliphatic carbocycles. The molecule has 2 heterocycles. The van der Waals surface area contributed by atoms with E-state index >= 15 is 0 Å². The molecule has 2 rings (SSSR count). The molecule has 0 unspecified atom stereocenters. The fraction of sp³-hybridized carbons (Fsp3) is 0.286. The molecule has 14 heavy (non-hydrogen) atoms. The lowest BCUT2D eigenvalue weighted by Crippen LogP contribution is -2.30. The minimum atomic E-state index is -4.03. The number of aromatic amines is 1. The normalized spacial score (nSPS) is 15.6. The summed E-state index contributed by atoms with van der Waals surface area (Å²) in [6.45, 7) is 0.529. The predicted octanol–water partition coefficient (Wildman–Crippen LogP) is 0.208. The molecule has 0 saturated carbocycles. The first-order valence-electron chi connectivity index (χ1n) is 3.94. The summed E-state index contributed by atoms with van der Waals surface area (Å²) < 4.78 is 30.0. The van der Waals surface area contributed by atoms with Gasteiger partial charge in [0, 0.05) is 11.8 Å². The van der Waals surface area contributed by atoms with Gasteiger partial charge in [-0.05, 0) is 6.07 Å². The zero-order chi connectivity index (χ0) is 10.2. The molecule has 1 aromatic rings. The molecular weight excluding hydrogens is 206 g/mol. The summed E-state index contributed by atoms with van der Waals surface area (Å²) in [4.78, 5) is 8.21. The summed E-state index contributed by atoms with van der Waals surface area (Å²) in [5, 5.41) is 0. The number of nitrogens with zero attached hydrogens (tertiary/aromatic N) is 2. The van der Waals surface area contributed by atoms with E-state index < -0.39 is 16.0 Å². The molecule has 0 aromatic carbocycles. The van der Waals surface area contributed by atoms with E-state index in [1.807, 2.05) is 6.07 Å². The van der Waals surface area contributed by atoms with Crippen molar-refractivity contribution in [2.24, 2.45) is 4.99 Å². The topological polar surface area (TPSA) is 85.8 Å². The lowest BCUT2D eigenvalue weighted by Gasteiger charge is -2.20.